The van der Waals surface area contributed by atoms with Crippen molar-refractivity contribution in [2.75, 3.05) is 0 Å². The standard InChI is InChI=1S/C15H22.C11H12N4/c1-11-6-7-12-13(10-11)15(4,5)9-8-14(12,2)3;1-3-8(2)9-4-6-10(7-5-9)11-12-14-15-13-11/h6-7,10H,8-9H2,1-5H3;3-7H,1-2H3,(H,12,13,14,15)/b;8-3-. The Labute approximate surface area is 180 Å². The summed E-state index contributed by atoms with van der Waals surface area (Å²) in [5.74, 6) is 0.625. The zero-order valence-corrected chi connectivity index (χ0v) is 19.4. The predicted molar refractivity (Wildman–Crippen MR) is 125 cm³/mol. The maximum atomic E-state index is 3.92. The van der Waals surface area contributed by atoms with Crippen molar-refractivity contribution in [3.8, 4) is 11.4 Å². The smallest absolute Gasteiger partial charge is 0.177 e. The Morgan fingerprint density at radius 2 is 1.57 bits per heavy atom. The van der Waals surface area contributed by atoms with Gasteiger partial charge < -0.3 is 0 Å². The number of aryl methyl sites for hydroxylation is 1. The van der Waals surface area contributed by atoms with Crippen LogP contribution in [0.5, 0.6) is 0 Å². The minimum Gasteiger partial charge on any atom is -0.177 e. The van der Waals surface area contributed by atoms with Crippen LogP contribution >= 0.6 is 0 Å². The molecule has 0 spiro atoms. The summed E-state index contributed by atoms with van der Waals surface area (Å²) in [6.07, 6.45) is 4.69. The van der Waals surface area contributed by atoms with Gasteiger partial charge in [0.15, 0.2) is 0 Å². The summed E-state index contributed by atoms with van der Waals surface area (Å²) in [6.45, 7) is 15.8. The molecule has 4 rings (SSSR count). The maximum absolute atomic E-state index is 3.92. The highest BCUT2D eigenvalue weighted by molar-refractivity contribution is 5.66. The van der Waals surface area contributed by atoms with Gasteiger partial charge in [0.2, 0.25) is 5.82 Å². The molecule has 0 saturated heterocycles. The Balaban J connectivity index is 0.000000171. The molecule has 1 aliphatic rings. The molecule has 0 amide bonds. The van der Waals surface area contributed by atoms with Gasteiger partial charge in [-0.05, 0) is 71.9 Å². The van der Waals surface area contributed by atoms with Gasteiger partial charge >= 0.3 is 0 Å². The predicted octanol–water partition coefficient (Wildman–Crippen LogP) is 6.63. The molecule has 0 aliphatic heterocycles. The number of hydrogen-bond acceptors (Lipinski definition) is 3. The number of nitrogens with zero attached hydrogens (tertiary/aromatic N) is 3. The topological polar surface area (TPSA) is 54.5 Å². The summed E-state index contributed by atoms with van der Waals surface area (Å²) in [6, 6.07) is 15.1. The third-order valence-electron chi connectivity index (χ3n) is 6.39. The Hall–Kier alpha value is -2.75. The van der Waals surface area contributed by atoms with Crippen LogP contribution in [0.1, 0.15) is 76.6 Å². The van der Waals surface area contributed by atoms with Crippen LogP contribution in [0, 0.1) is 6.92 Å². The lowest BCUT2D eigenvalue weighted by Gasteiger charge is -2.42. The number of allylic oxidation sites excluding steroid dienone is 2. The summed E-state index contributed by atoms with van der Waals surface area (Å²) >= 11 is 0. The monoisotopic (exact) mass is 402 g/mol. The van der Waals surface area contributed by atoms with E-state index in [1.165, 1.54) is 29.5 Å². The molecule has 0 atom stereocenters. The molecule has 0 fully saturated rings. The number of rotatable bonds is 2. The normalized spacial score (nSPS) is 17.0. The van der Waals surface area contributed by atoms with E-state index in [-0.39, 0.29) is 0 Å². The summed E-state index contributed by atoms with van der Waals surface area (Å²) in [5, 5.41) is 13.8. The van der Waals surface area contributed by atoms with Gasteiger partial charge in [0, 0.05) is 5.56 Å². The van der Waals surface area contributed by atoms with Crippen LogP contribution in [0.2, 0.25) is 0 Å². The van der Waals surface area contributed by atoms with Crippen molar-refractivity contribution in [1.82, 2.24) is 20.6 Å². The lowest BCUT2D eigenvalue weighted by Crippen LogP contribution is -2.33. The van der Waals surface area contributed by atoms with Gasteiger partial charge in [-0.25, -0.2) is 0 Å². The lowest BCUT2D eigenvalue weighted by atomic mass is 9.63. The number of hydrogen-bond donors (Lipinski definition) is 1. The number of aromatic nitrogens is 4. The van der Waals surface area contributed by atoms with Crippen LogP contribution < -0.4 is 0 Å². The van der Waals surface area contributed by atoms with Crippen molar-refractivity contribution in [3.05, 3.63) is 70.8 Å². The number of tetrazole rings is 1. The van der Waals surface area contributed by atoms with E-state index in [0.717, 1.165) is 5.56 Å². The quantitative estimate of drug-likeness (QED) is 0.523. The first-order valence-electron chi connectivity index (χ1n) is 10.7. The molecular formula is C26H34N4. The van der Waals surface area contributed by atoms with E-state index < -0.39 is 0 Å². The molecule has 3 aromatic rings. The zero-order chi connectivity index (χ0) is 21.9. The van der Waals surface area contributed by atoms with Crippen molar-refractivity contribution in [2.24, 2.45) is 0 Å². The molecule has 4 nitrogen and oxygen atoms in total. The molecule has 2 aromatic carbocycles. The third kappa shape index (κ3) is 4.69. The van der Waals surface area contributed by atoms with Crippen LogP contribution in [0.4, 0.5) is 0 Å². The Bertz CT molecular complexity index is 1010. The molecule has 0 bridgehead atoms. The molecule has 0 radical (unpaired) electrons. The molecule has 30 heavy (non-hydrogen) atoms. The fraction of sp³-hybridized carbons (Fsp3) is 0.423. The van der Waals surface area contributed by atoms with E-state index in [1.54, 1.807) is 11.1 Å². The third-order valence-corrected chi connectivity index (χ3v) is 6.39. The van der Waals surface area contributed by atoms with E-state index in [0.29, 0.717) is 16.7 Å². The fourth-order valence-electron chi connectivity index (χ4n) is 4.04. The first-order valence-corrected chi connectivity index (χ1v) is 10.7. The van der Waals surface area contributed by atoms with Gasteiger partial charge in [0.1, 0.15) is 0 Å². The number of aromatic amines is 1. The van der Waals surface area contributed by atoms with Crippen LogP contribution in [0.15, 0.2) is 48.5 Å². The average molecular weight is 403 g/mol. The minimum absolute atomic E-state index is 0.358. The Kier molecular flexibility index (Phi) is 6.25. The van der Waals surface area contributed by atoms with E-state index in [9.17, 15) is 0 Å². The van der Waals surface area contributed by atoms with E-state index >= 15 is 0 Å². The highest BCUT2D eigenvalue weighted by Gasteiger charge is 2.36. The Morgan fingerprint density at radius 1 is 0.933 bits per heavy atom. The van der Waals surface area contributed by atoms with Gasteiger partial charge in [-0.2, -0.15) is 5.21 Å². The van der Waals surface area contributed by atoms with Crippen LogP contribution in [-0.2, 0) is 10.8 Å². The van der Waals surface area contributed by atoms with Gasteiger partial charge in [-0.1, -0.05) is 81.8 Å². The SMILES string of the molecule is C/C=C(/C)c1ccc(-c2nn[nH]n2)cc1.Cc1ccc2c(c1)C(C)(C)CCC2(C)C. The molecular weight excluding hydrogens is 368 g/mol. The molecule has 1 N–H and O–H groups in total. The highest BCUT2D eigenvalue weighted by Crippen LogP contribution is 2.45. The van der Waals surface area contributed by atoms with Crippen molar-refractivity contribution in [3.63, 3.8) is 0 Å². The lowest BCUT2D eigenvalue weighted by molar-refractivity contribution is 0.331. The summed E-state index contributed by atoms with van der Waals surface area (Å²) in [4.78, 5) is 0. The largest absolute Gasteiger partial charge is 0.204 e. The molecule has 158 valence electrons. The molecule has 1 aliphatic carbocycles. The highest BCUT2D eigenvalue weighted by atomic mass is 15.5. The summed E-state index contributed by atoms with van der Waals surface area (Å²) in [7, 11) is 0. The van der Waals surface area contributed by atoms with Crippen LogP contribution in [0.25, 0.3) is 17.0 Å². The van der Waals surface area contributed by atoms with Gasteiger partial charge in [0.05, 0.1) is 0 Å². The van der Waals surface area contributed by atoms with Crippen LogP contribution in [-0.4, -0.2) is 20.6 Å². The second-order valence-corrected chi connectivity index (χ2v) is 9.60. The Morgan fingerprint density at radius 3 is 2.13 bits per heavy atom. The van der Waals surface area contributed by atoms with Gasteiger partial charge in [0.25, 0.3) is 0 Å². The summed E-state index contributed by atoms with van der Waals surface area (Å²) in [5.41, 5.74) is 8.67. The van der Waals surface area contributed by atoms with Gasteiger partial charge in [-0.15, -0.1) is 10.2 Å². The van der Waals surface area contributed by atoms with Gasteiger partial charge in [-0.3, -0.25) is 0 Å². The number of nitrogens with one attached hydrogen (secondary N) is 1. The van der Waals surface area contributed by atoms with E-state index in [2.05, 4.69) is 98.6 Å². The molecule has 1 heterocycles. The maximum Gasteiger partial charge on any atom is 0.204 e. The second-order valence-electron chi connectivity index (χ2n) is 9.60. The number of benzene rings is 2. The molecule has 0 saturated carbocycles. The molecule has 0 unspecified atom stereocenters. The first-order chi connectivity index (χ1) is 14.1. The fourth-order valence-corrected chi connectivity index (χ4v) is 4.04. The zero-order valence-electron chi connectivity index (χ0n) is 19.4. The number of H-pyrrole nitrogens is 1. The van der Waals surface area contributed by atoms with Crippen molar-refractivity contribution >= 4 is 5.57 Å². The van der Waals surface area contributed by atoms with Crippen molar-refractivity contribution in [2.45, 2.75) is 72.1 Å². The molecule has 4 heteroatoms. The van der Waals surface area contributed by atoms with Crippen LogP contribution in [0.3, 0.4) is 0 Å². The minimum atomic E-state index is 0.358. The average Bonchev–Trinajstić information content (AvgIpc) is 3.26. The number of fused-ring (bicyclic) bond motifs is 1. The van der Waals surface area contributed by atoms with E-state index in [4.69, 9.17) is 0 Å². The first kappa shape index (κ1) is 21.9. The van der Waals surface area contributed by atoms with Crippen molar-refractivity contribution < 1.29 is 0 Å². The van der Waals surface area contributed by atoms with Crippen molar-refractivity contribution in [1.29, 1.82) is 0 Å². The van der Waals surface area contributed by atoms with E-state index in [1.807, 2.05) is 19.1 Å². The second kappa shape index (κ2) is 8.55. The molecule has 1 aromatic heterocycles. The summed E-state index contributed by atoms with van der Waals surface area (Å²) < 4.78 is 0.